The van der Waals surface area contributed by atoms with E-state index in [-0.39, 0.29) is 12.5 Å². The van der Waals surface area contributed by atoms with E-state index < -0.39 is 0 Å². The molecule has 1 amide bonds. The highest BCUT2D eigenvalue weighted by Crippen LogP contribution is 2.60. The molecule has 0 heterocycles. The minimum atomic E-state index is 0.0962. The average molecular weight is 364 g/mol. The van der Waals surface area contributed by atoms with Crippen molar-refractivity contribution in [2.45, 2.75) is 38.5 Å². The van der Waals surface area contributed by atoms with E-state index >= 15 is 0 Å². The van der Waals surface area contributed by atoms with Crippen molar-refractivity contribution in [3.8, 4) is 5.75 Å². The van der Waals surface area contributed by atoms with Gasteiger partial charge in [0.05, 0.1) is 0 Å². The Hall–Kier alpha value is -2.03. The zero-order valence-electron chi connectivity index (χ0n) is 16.2. The number of carbonyl (C=O) groups excluding carboxylic acids is 1. The number of amides is 1. The summed E-state index contributed by atoms with van der Waals surface area (Å²) in [6, 6.07) is 14.2. The molecule has 3 heteroatoms. The lowest BCUT2D eigenvalue weighted by atomic mass is 9.49. The topological polar surface area (TPSA) is 29.5 Å². The first kappa shape index (κ1) is 17.1. The number of hydrogen-bond acceptors (Lipinski definition) is 2. The third-order valence-electron chi connectivity index (χ3n) is 7.25. The van der Waals surface area contributed by atoms with E-state index in [1.165, 1.54) is 43.9 Å². The van der Waals surface area contributed by atoms with E-state index in [9.17, 15) is 4.79 Å². The Bertz CT molecular complexity index is 823. The van der Waals surface area contributed by atoms with Crippen LogP contribution in [0.3, 0.4) is 0 Å². The molecule has 4 aliphatic rings. The minimum Gasteiger partial charge on any atom is -0.484 e. The molecule has 142 valence electrons. The zero-order valence-corrected chi connectivity index (χ0v) is 16.2. The van der Waals surface area contributed by atoms with Crippen LogP contribution in [0.1, 0.15) is 38.5 Å². The lowest BCUT2D eigenvalue weighted by Gasteiger charge is -2.57. The van der Waals surface area contributed by atoms with Crippen molar-refractivity contribution in [1.29, 1.82) is 0 Å². The summed E-state index contributed by atoms with van der Waals surface area (Å²) in [6.07, 6.45) is 8.35. The average Bonchev–Trinajstić information content (AvgIpc) is 2.64. The Morgan fingerprint density at radius 2 is 1.63 bits per heavy atom. The van der Waals surface area contributed by atoms with Gasteiger partial charge in [-0.15, -0.1) is 0 Å². The van der Waals surface area contributed by atoms with Crippen LogP contribution < -0.4 is 4.74 Å². The van der Waals surface area contributed by atoms with Gasteiger partial charge < -0.3 is 9.64 Å². The molecule has 0 unspecified atom stereocenters. The molecule has 0 aromatic heterocycles. The summed E-state index contributed by atoms with van der Waals surface area (Å²) in [5, 5.41) is 2.33. The number of hydrogen-bond donors (Lipinski definition) is 0. The molecule has 4 saturated carbocycles. The van der Waals surface area contributed by atoms with Gasteiger partial charge in [-0.05, 0) is 84.6 Å². The number of likely N-dealkylation sites (N-methyl/N-ethyl adjacent to an activating group) is 1. The normalized spacial score (nSPS) is 31.2. The smallest absolute Gasteiger partial charge is 0.260 e. The van der Waals surface area contributed by atoms with Crippen molar-refractivity contribution in [3.05, 3.63) is 42.5 Å². The van der Waals surface area contributed by atoms with Crippen molar-refractivity contribution in [1.82, 2.24) is 4.90 Å². The molecular weight excluding hydrogens is 334 g/mol. The maximum absolute atomic E-state index is 12.7. The molecule has 0 saturated heterocycles. The maximum atomic E-state index is 12.7. The van der Waals surface area contributed by atoms with Gasteiger partial charge >= 0.3 is 0 Å². The van der Waals surface area contributed by atoms with Gasteiger partial charge in [-0.2, -0.15) is 0 Å². The van der Waals surface area contributed by atoms with Gasteiger partial charge in [0.2, 0.25) is 0 Å². The summed E-state index contributed by atoms with van der Waals surface area (Å²) in [6.45, 7) is 1.04. The van der Waals surface area contributed by atoms with Crippen LogP contribution in [-0.2, 0) is 4.79 Å². The number of carbonyl (C=O) groups is 1. The van der Waals surface area contributed by atoms with Crippen molar-refractivity contribution in [2.75, 3.05) is 20.2 Å². The number of nitrogens with zero attached hydrogens (tertiary/aromatic N) is 1. The molecule has 2 aromatic rings. The standard InChI is InChI=1S/C24H29NO2/c1-25(16-24-12-17-8-18(13-24)10-19(9-17)14-24)23(26)15-27-22-7-6-20-4-2-3-5-21(20)11-22/h2-7,11,17-19H,8-10,12-16H2,1H3. The van der Waals surface area contributed by atoms with Gasteiger partial charge in [0.1, 0.15) is 5.75 Å². The second-order valence-electron chi connectivity index (χ2n) is 9.46. The second-order valence-corrected chi connectivity index (χ2v) is 9.46. The van der Waals surface area contributed by atoms with Crippen LogP contribution in [0.4, 0.5) is 0 Å². The van der Waals surface area contributed by atoms with Crippen LogP contribution in [0.25, 0.3) is 10.8 Å². The van der Waals surface area contributed by atoms with Crippen LogP contribution in [-0.4, -0.2) is 31.0 Å². The lowest BCUT2D eigenvalue weighted by molar-refractivity contribution is -0.137. The summed E-state index contributed by atoms with van der Waals surface area (Å²) >= 11 is 0. The van der Waals surface area contributed by atoms with Crippen LogP contribution in [0.5, 0.6) is 5.75 Å². The summed E-state index contributed by atoms with van der Waals surface area (Å²) < 4.78 is 5.83. The van der Waals surface area contributed by atoms with Crippen molar-refractivity contribution in [2.24, 2.45) is 23.2 Å². The van der Waals surface area contributed by atoms with Gasteiger partial charge in [-0.3, -0.25) is 4.79 Å². The maximum Gasteiger partial charge on any atom is 0.260 e. The first-order chi connectivity index (χ1) is 13.1. The Morgan fingerprint density at radius 1 is 1.00 bits per heavy atom. The molecule has 0 atom stereocenters. The Morgan fingerprint density at radius 3 is 2.30 bits per heavy atom. The van der Waals surface area contributed by atoms with E-state index in [0.717, 1.165) is 35.4 Å². The Kier molecular flexibility index (Phi) is 4.14. The van der Waals surface area contributed by atoms with E-state index in [0.29, 0.717) is 5.41 Å². The zero-order chi connectivity index (χ0) is 18.4. The highest BCUT2D eigenvalue weighted by molar-refractivity contribution is 5.84. The largest absolute Gasteiger partial charge is 0.484 e. The van der Waals surface area contributed by atoms with Crippen LogP contribution in [0.2, 0.25) is 0 Å². The van der Waals surface area contributed by atoms with Crippen LogP contribution >= 0.6 is 0 Å². The third kappa shape index (κ3) is 3.33. The minimum absolute atomic E-state index is 0.0962. The molecule has 3 nitrogen and oxygen atoms in total. The van der Waals surface area contributed by atoms with E-state index in [1.807, 2.05) is 42.3 Å². The molecular formula is C24H29NO2. The van der Waals surface area contributed by atoms with E-state index in [1.54, 1.807) is 0 Å². The van der Waals surface area contributed by atoms with Crippen molar-refractivity contribution < 1.29 is 9.53 Å². The molecule has 4 fully saturated rings. The molecule has 27 heavy (non-hydrogen) atoms. The predicted octanol–water partition coefficient (Wildman–Crippen LogP) is 4.89. The fourth-order valence-electron chi connectivity index (χ4n) is 6.59. The molecule has 4 aliphatic carbocycles. The van der Waals surface area contributed by atoms with Gasteiger partial charge in [0, 0.05) is 13.6 Å². The first-order valence-electron chi connectivity index (χ1n) is 10.4. The molecule has 0 aliphatic heterocycles. The molecule has 0 N–H and O–H groups in total. The van der Waals surface area contributed by atoms with Gasteiger partial charge in [-0.25, -0.2) is 0 Å². The fourth-order valence-corrected chi connectivity index (χ4v) is 6.59. The van der Waals surface area contributed by atoms with Crippen molar-refractivity contribution in [3.63, 3.8) is 0 Å². The van der Waals surface area contributed by atoms with Crippen molar-refractivity contribution >= 4 is 16.7 Å². The molecule has 6 rings (SSSR count). The predicted molar refractivity (Wildman–Crippen MR) is 108 cm³/mol. The Labute approximate surface area is 161 Å². The lowest BCUT2D eigenvalue weighted by Crippen LogP contribution is -2.51. The number of ether oxygens (including phenoxy) is 1. The summed E-state index contributed by atoms with van der Waals surface area (Å²) in [7, 11) is 1.96. The van der Waals surface area contributed by atoms with Gasteiger partial charge in [0.25, 0.3) is 5.91 Å². The Balaban J connectivity index is 1.20. The first-order valence-corrected chi connectivity index (χ1v) is 10.4. The van der Waals surface area contributed by atoms with Gasteiger partial charge in [-0.1, -0.05) is 30.3 Å². The van der Waals surface area contributed by atoms with Crippen LogP contribution in [0.15, 0.2) is 42.5 Å². The summed E-state index contributed by atoms with van der Waals surface area (Å²) in [5.74, 6) is 3.64. The quantitative estimate of drug-likeness (QED) is 0.757. The van der Waals surface area contributed by atoms with E-state index in [4.69, 9.17) is 4.74 Å². The molecule has 2 aromatic carbocycles. The van der Waals surface area contributed by atoms with Crippen LogP contribution in [0, 0.1) is 23.2 Å². The van der Waals surface area contributed by atoms with Gasteiger partial charge in [0.15, 0.2) is 6.61 Å². The fraction of sp³-hybridized carbons (Fsp3) is 0.542. The highest BCUT2D eigenvalue weighted by atomic mass is 16.5. The number of benzene rings is 2. The molecule has 0 radical (unpaired) electrons. The number of rotatable bonds is 5. The third-order valence-corrected chi connectivity index (χ3v) is 7.25. The SMILES string of the molecule is CN(CC12CC3CC(CC(C3)C1)C2)C(=O)COc1ccc2ccccc2c1. The summed E-state index contributed by atoms with van der Waals surface area (Å²) in [5.41, 5.74) is 0.391. The molecule has 0 spiro atoms. The van der Waals surface area contributed by atoms with E-state index in [2.05, 4.69) is 12.1 Å². The summed E-state index contributed by atoms with van der Waals surface area (Å²) in [4.78, 5) is 14.6. The molecule has 4 bridgehead atoms. The monoisotopic (exact) mass is 363 g/mol. The number of fused-ring (bicyclic) bond motifs is 1. The highest BCUT2D eigenvalue weighted by Gasteiger charge is 2.51. The second kappa shape index (κ2) is 6.54.